The van der Waals surface area contributed by atoms with Crippen molar-refractivity contribution in [3.05, 3.63) is 101 Å². The molecule has 0 aliphatic heterocycles. The zero-order valence-electron chi connectivity index (χ0n) is 20.4. The van der Waals surface area contributed by atoms with Gasteiger partial charge in [-0.1, -0.05) is 86.0 Å². The van der Waals surface area contributed by atoms with Gasteiger partial charge in [-0.3, -0.25) is 5.32 Å². The Balaban J connectivity index is 1.37. The van der Waals surface area contributed by atoms with E-state index in [0.29, 0.717) is 0 Å². The van der Waals surface area contributed by atoms with E-state index in [1.807, 2.05) is 0 Å². The molecule has 0 amide bonds. The van der Waals surface area contributed by atoms with Crippen molar-refractivity contribution in [3.8, 4) is 5.75 Å². The highest BCUT2D eigenvalue weighted by Gasteiger charge is 2.20. The van der Waals surface area contributed by atoms with Crippen molar-refractivity contribution in [2.45, 2.75) is 64.5 Å². The van der Waals surface area contributed by atoms with E-state index in [1.54, 1.807) is 0 Å². The maximum atomic E-state index is 6.22. The van der Waals surface area contributed by atoms with Gasteiger partial charge in [0, 0.05) is 6.54 Å². The van der Waals surface area contributed by atoms with Gasteiger partial charge in [-0.15, -0.1) is 0 Å². The molecular weight excluding hydrogens is 414 g/mol. The molecular formula is C32H37NO. The van der Waals surface area contributed by atoms with Crippen LogP contribution in [-0.4, -0.2) is 12.8 Å². The molecule has 3 aromatic rings. The number of fused-ring (bicyclic) bond motifs is 1. The number of nitrogens with one attached hydrogen (secondary N) is 1. The minimum absolute atomic E-state index is 0.0185. The fraction of sp³-hybridized carbons (Fsp3) is 0.375. The van der Waals surface area contributed by atoms with Gasteiger partial charge in [-0.2, -0.15) is 0 Å². The fourth-order valence-corrected chi connectivity index (χ4v) is 5.67. The van der Waals surface area contributed by atoms with Crippen LogP contribution in [0.5, 0.6) is 5.75 Å². The fourth-order valence-electron chi connectivity index (χ4n) is 5.67. The molecule has 0 bridgehead atoms. The second-order valence-electron chi connectivity index (χ2n) is 9.93. The van der Waals surface area contributed by atoms with Gasteiger partial charge in [0.25, 0.3) is 0 Å². The molecule has 0 heterocycles. The molecule has 2 nitrogen and oxygen atoms in total. The van der Waals surface area contributed by atoms with E-state index < -0.39 is 0 Å². The molecule has 0 radical (unpaired) electrons. The molecule has 2 aliphatic rings. The van der Waals surface area contributed by atoms with Gasteiger partial charge in [0.15, 0.2) is 0 Å². The van der Waals surface area contributed by atoms with Crippen molar-refractivity contribution < 1.29 is 4.74 Å². The molecule has 0 spiro atoms. The topological polar surface area (TPSA) is 21.3 Å². The minimum atomic E-state index is 0.0185. The van der Waals surface area contributed by atoms with Gasteiger partial charge in [0.1, 0.15) is 12.0 Å². The molecule has 5 rings (SSSR count). The Kier molecular flexibility index (Phi) is 7.46. The lowest BCUT2D eigenvalue weighted by Gasteiger charge is -2.25. The van der Waals surface area contributed by atoms with Crippen molar-refractivity contribution in [3.63, 3.8) is 0 Å². The summed E-state index contributed by atoms with van der Waals surface area (Å²) in [6, 6.07) is 28.5. The Labute approximate surface area is 205 Å². The predicted octanol–water partition coefficient (Wildman–Crippen LogP) is 7.88. The monoisotopic (exact) mass is 451 g/mol. The number of rotatable bonds is 7. The molecule has 2 aliphatic carbocycles. The molecule has 0 saturated heterocycles. The van der Waals surface area contributed by atoms with Crippen molar-refractivity contribution in [1.82, 2.24) is 5.32 Å². The third-order valence-electron chi connectivity index (χ3n) is 7.45. The Morgan fingerprint density at radius 3 is 2.29 bits per heavy atom. The zero-order valence-corrected chi connectivity index (χ0v) is 20.4. The number of benzene rings is 3. The van der Waals surface area contributed by atoms with E-state index in [-0.39, 0.29) is 6.23 Å². The molecule has 1 N–H and O–H groups in total. The van der Waals surface area contributed by atoms with Crippen molar-refractivity contribution in [1.29, 1.82) is 0 Å². The average molecular weight is 452 g/mol. The Morgan fingerprint density at radius 1 is 0.794 bits per heavy atom. The van der Waals surface area contributed by atoms with E-state index in [4.69, 9.17) is 4.74 Å². The van der Waals surface area contributed by atoms with Gasteiger partial charge in [-0.05, 0) is 90.5 Å². The van der Waals surface area contributed by atoms with E-state index in [9.17, 15) is 0 Å². The van der Waals surface area contributed by atoms with Crippen LogP contribution in [0.15, 0.2) is 78.9 Å². The average Bonchev–Trinajstić information content (AvgIpc) is 2.90. The second kappa shape index (κ2) is 11.1. The van der Waals surface area contributed by atoms with Gasteiger partial charge >= 0.3 is 0 Å². The van der Waals surface area contributed by atoms with Crippen LogP contribution >= 0.6 is 0 Å². The Morgan fingerprint density at radius 2 is 1.50 bits per heavy atom. The van der Waals surface area contributed by atoms with Crippen molar-refractivity contribution in [2.75, 3.05) is 6.54 Å². The zero-order chi connectivity index (χ0) is 23.2. The highest BCUT2D eigenvalue weighted by atomic mass is 16.5. The molecule has 3 aromatic carbocycles. The molecule has 1 atom stereocenters. The summed E-state index contributed by atoms with van der Waals surface area (Å²) in [4.78, 5) is 0. The number of hydrogen-bond acceptors (Lipinski definition) is 2. The molecule has 1 unspecified atom stereocenters. The molecule has 34 heavy (non-hydrogen) atoms. The standard InChI is InChI=1S/C32H37NO/c1-24(33-23-25-11-4-2-5-12-25)34-29-21-19-28(20-22-29)32(27-14-6-3-7-15-27)31-18-10-16-26-13-8-9-17-30(26)31/h3,6-9,13-15,17,19-22,24-25,33H,2,4-5,10-12,16,18,23H2,1H3. The maximum Gasteiger partial charge on any atom is 0.147 e. The van der Waals surface area contributed by atoms with Crippen LogP contribution in [0.1, 0.15) is 74.1 Å². The number of ether oxygens (including phenoxy) is 1. The second-order valence-corrected chi connectivity index (χ2v) is 9.93. The Hall–Kier alpha value is -2.84. The van der Waals surface area contributed by atoms with Crippen LogP contribution in [0.3, 0.4) is 0 Å². The minimum Gasteiger partial charge on any atom is -0.476 e. The summed E-state index contributed by atoms with van der Waals surface area (Å²) in [5.74, 6) is 1.73. The normalized spacial score (nSPS) is 18.7. The SMILES string of the molecule is CC(NCC1CCCCC1)Oc1ccc(C(=C2CCCc3ccccc32)c2ccccc2)cc1. The quantitative estimate of drug-likeness (QED) is 0.369. The van der Waals surface area contributed by atoms with Gasteiger partial charge < -0.3 is 4.74 Å². The van der Waals surface area contributed by atoms with Crippen LogP contribution in [0.4, 0.5) is 0 Å². The summed E-state index contributed by atoms with van der Waals surface area (Å²) in [6.07, 6.45) is 10.4. The summed E-state index contributed by atoms with van der Waals surface area (Å²) in [7, 11) is 0. The van der Waals surface area contributed by atoms with E-state index in [0.717, 1.165) is 24.6 Å². The van der Waals surface area contributed by atoms with Crippen LogP contribution in [0.25, 0.3) is 11.1 Å². The Bertz CT molecular complexity index is 1090. The molecule has 1 saturated carbocycles. The first kappa shape index (κ1) is 22.9. The lowest BCUT2D eigenvalue weighted by atomic mass is 9.81. The van der Waals surface area contributed by atoms with Gasteiger partial charge in [0.2, 0.25) is 0 Å². The van der Waals surface area contributed by atoms with Crippen LogP contribution in [-0.2, 0) is 6.42 Å². The maximum absolute atomic E-state index is 6.22. The number of hydrogen-bond donors (Lipinski definition) is 1. The summed E-state index contributed by atoms with van der Waals surface area (Å²) in [5.41, 5.74) is 8.23. The third-order valence-corrected chi connectivity index (χ3v) is 7.45. The lowest BCUT2D eigenvalue weighted by molar-refractivity contribution is 0.169. The molecule has 176 valence electrons. The lowest BCUT2D eigenvalue weighted by Crippen LogP contribution is -2.35. The largest absolute Gasteiger partial charge is 0.476 e. The first-order valence-corrected chi connectivity index (χ1v) is 13.2. The summed E-state index contributed by atoms with van der Waals surface area (Å²) in [5, 5.41) is 3.60. The smallest absolute Gasteiger partial charge is 0.147 e. The van der Waals surface area contributed by atoms with Crippen molar-refractivity contribution in [2.24, 2.45) is 5.92 Å². The third kappa shape index (κ3) is 5.45. The molecule has 0 aromatic heterocycles. The number of aryl methyl sites for hydroxylation is 1. The van der Waals surface area contributed by atoms with E-state index in [2.05, 4.69) is 91.1 Å². The van der Waals surface area contributed by atoms with Gasteiger partial charge in [0.05, 0.1) is 0 Å². The van der Waals surface area contributed by atoms with Crippen LogP contribution in [0.2, 0.25) is 0 Å². The summed E-state index contributed by atoms with van der Waals surface area (Å²) >= 11 is 0. The van der Waals surface area contributed by atoms with E-state index >= 15 is 0 Å². The van der Waals surface area contributed by atoms with Crippen molar-refractivity contribution >= 4 is 11.1 Å². The highest BCUT2D eigenvalue weighted by Crippen LogP contribution is 2.40. The molecule has 1 fully saturated rings. The molecule has 2 heteroatoms. The number of allylic oxidation sites excluding steroid dienone is 1. The highest BCUT2D eigenvalue weighted by molar-refractivity contribution is 5.99. The van der Waals surface area contributed by atoms with E-state index in [1.165, 1.54) is 78.3 Å². The van der Waals surface area contributed by atoms with Gasteiger partial charge in [-0.25, -0.2) is 0 Å². The summed E-state index contributed by atoms with van der Waals surface area (Å²) < 4.78 is 6.22. The van der Waals surface area contributed by atoms with Crippen LogP contribution in [0, 0.1) is 5.92 Å². The van der Waals surface area contributed by atoms with Crippen LogP contribution < -0.4 is 10.1 Å². The predicted molar refractivity (Wildman–Crippen MR) is 143 cm³/mol. The first-order chi connectivity index (χ1) is 16.8. The summed E-state index contributed by atoms with van der Waals surface area (Å²) in [6.45, 7) is 3.18. The first-order valence-electron chi connectivity index (χ1n) is 13.2.